The van der Waals surface area contributed by atoms with Gasteiger partial charge in [-0.25, -0.2) is 13.4 Å². The number of nitrogens with zero attached hydrogens (tertiary/aromatic N) is 3. The van der Waals surface area contributed by atoms with Gasteiger partial charge in [0, 0.05) is 38.8 Å². The molecule has 1 aliphatic rings. The third kappa shape index (κ3) is 4.99. The van der Waals surface area contributed by atoms with Crippen LogP contribution in [0.3, 0.4) is 0 Å². The molecule has 8 nitrogen and oxygen atoms in total. The second kappa shape index (κ2) is 8.24. The van der Waals surface area contributed by atoms with E-state index in [0.29, 0.717) is 24.1 Å². The van der Waals surface area contributed by atoms with Crippen LogP contribution in [-0.2, 0) is 10.0 Å². The largest absolute Gasteiger partial charge is 0.508 e. The molecule has 0 bridgehead atoms. The van der Waals surface area contributed by atoms with Crippen molar-refractivity contribution in [1.82, 2.24) is 15.4 Å². The zero-order valence-corrected chi connectivity index (χ0v) is 15.8. The quantitative estimate of drug-likeness (QED) is 0.425. The normalized spacial score (nSPS) is 15.7. The zero-order valence-electron chi connectivity index (χ0n) is 15.0. The minimum atomic E-state index is -3.42. The number of phenols is 1. The van der Waals surface area contributed by atoms with Crippen LogP contribution >= 0.6 is 0 Å². The summed E-state index contributed by atoms with van der Waals surface area (Å²) in [5.41, 5.74) is 3.61. The number of nitrogens with one attached hydrogen (secondary N) is 2. The van der Waals surface area contributed by atoms with Crippen LogP contribution in [0.5, 0.6) is 5.75 Å². The Morgan fingerprint density at radius 3 is 2.58 bits per heavy atom. The van der Waals surface area contributed by atoms with Gasteiger partial charge in [-0.1, -0.05) is 13.2 Å². The standard InChI is InChI=1S/C17H25N5O3S/c1-5-18-19-12-17(22(4)21(3)6-2)13-9-14(11-15(23)10-13)20-26(24,25)16-7-8-16/h5-6,9-12,16-18,20,23H,1-2,7-8H2,3-4H3. The van der Waals surface area contributed by atoms with Crippen molar-refractivity contribution in [2.24, 2.45) is 5.10 Å². The predicted octanol–water partition coefficient (Wildman–Crippen LogP) is 1.98. The Morgan fingerprint density at radius 1 is 1.31 bits per heavy atom. The van der Waals surface area contributed by atoms with Crippen LogP contribution in [0.2, 0.25) is 0 Å². The van der Waals surface area contributed by atoms with E-state index in [1.165, 1.54) is 12.3 Å². The number of aromatic hydroxyl groups is 1. The van der Waals surface area contributed by atoms with Crippen LogP contribution in [0.15, 0.2) is 48.9 Å². The van der Waals surface area contributed by atoms with E-state index in [4.69, 9.17) is 0 Å². The maximum Gasteiger partial charge on any atom is 0.235 e. The molecule has 0 aromatic heterocycles. The second-order valence-electron chi connectivity index (χ2n) is 6.05. The van der Waals surface area contributed by atoms with Crippen molar-refractivity contribution >= 4 is 21.9 Å². The number of benzene rings is 1. The Morgan fingerprint density at radius 2 is 2.00 bits per heavy atom. The molecule has 1 saturated carbocycles. The van der Waals surface area contributed by atoms with Crippen LogP contribution < -0.4 is 10.1 Å². The van der Waals surface area contributed by atoms with Crippen LogP contribution in [0, 0.1) is 0 Å². The lowest BCUT2D eigenvalue weighted by molar-refractivity contribution is 0.0598. The van der Waals surface area contributed by atoms with Gasteiger partial charge in [-0.05, 0) is 30.5 Å². The molecule has 0 amide bonds. The predicted molar refractivity (Wildman–Crippen MR) is 104 cm³/mol. The van der Waals surface area contributed by atoms with Gasteiger partial charge in [0.25, 0.3) is 0 Å². The monoisotopic (exact) mass is 379 g/mol. The Balaban J connectivity index is 2.36. The van der Waals surface area contributed by atoms with E-state index < -0.39 is 10.0 Å². The van der Waals surface area contributed by atoms with E-state index in [1.54, 1.807) is 29.6 Å². The minimum Gasteiger partial charge on any atom is -0.508 e. The summed E-state index contributed by atoms with van der Waals surface area (Å²) in [6.07, 6.45) is 6.01. The SMILES string of the molecule is C=CNN=CC(c1cc(O)cc(NS(=O)(=O)C2CC2)c1)N(C)N(C)C=C. The summed E-state index contributed by atoms with van der Waals surface area (Å²) in [4.78, 5) is 0. The Kier molecular flexibility index (Phi) is 6.27. The van der Waals surface area contributed by atoms with Gasteiger partial charge in [-0.3, -0.25) is 10.1 Å². The van der Waals surface area contributed by atoms with Crippen LogP contribution in [0.25, 0.3) is 0 Å². The van der Waals surface area contributed by atoms with Crippen molar-refractivity contribution in [2.45, 2.75) is 24.1 Å². The van der Waals surface area contributed by atoms with Crippen LogP contribution in [-0.4, -0.2) is 49.1 Å². The lowest BCUT2D eigenvalue weighted by Gasteiger charge is -2.32. The number of phenolic OH excluding ortho intramolecular Hbond substituents is 1. The molecular weight excluding hydrogens is 354 g/mol. The van der Waals surface area contributed by atoms with Crippen molar-refractivity contribution in [3.05, 3.63) is 49.3 Å². The topological polar surface area (TPSA) is 97.3 Å². The highest BCUT2D eigenvalue weighted by atomic mass is 32.2. The number of rotatable bonds is 10. The Labute approximate surface area is 154 Å². The molecule has 2 rings (SSSR count). The fraction of sp³-hybridized carbons (Fsp3) is 0.353. The van der Waals surface area contributed by atoms with E-state index in [9.17, 15) is 13.5 Å². The molecule has 142 valence electrons. The average molecular weight is 379 g/mol. The molecule has 0 aliphatic heterocycles. The molecule has 1 fully saturated rings. The molecule has 3 N–H and O–H groups in total. The summed E-state index contributed by atoms with van der Waals surface area (Å²) < 4.78 is 26.9. The van der Waals surface area contributed by atoms with Gasteiger partial charge in [0.15, 0.2) is 0 Å². The molecule has 1 aromatic rings. The summed E-state index contributed by atoms with van der Waals surface area (Å²) in [6.45, 7) is 7.27. The molecule has 1 unspecified atom stereocenters. The molecule has 0 saturated heterocycles. The number of anilines is 1. The third-order valence-corrected chi connectivity index (χ3v) is 5.92. The molecule has 1 atom stereocenters. The summed E-state index contributed by atoms with van der Waals surface area (Å²) in [5.74, 6) is -0.0410. The van der Waals surface area contributed by atoms with E-state index in [-0.39, 0.29) is 17.0 Å². The molecule has 9 heteroatoms. The van der Waals surface area contributed by atoms with Gasteiger partial charge in [-0.15, -0.1) is 0 Å². The summed E-state index contributed by atoms with van der Waals surface area (Å²) in [7, 11) is 0.215. The summed E-state index contributed by atoms with van der Waals surface area (Å²) >= 11 is 0. The third-order valence-electron chi connectivity index (χ3n) is 4.05. The van der Waals surface area contributed by atoms with Crippen molar-refractivity contribution in [3.8, 4) is 5.75 Å². The van der Waals surface area contributed by atoms with Gasteiger partial charge in [0.05, 0.1) is 17.0 Å². The average Bonchev–Trinajstić information content (AvgIpc) is 3.42. The van der Waals surface area contributed by atoms with Crippen LogP contribution in [0.4, 0.5) is 5.69 Å². The zero-order chi connectivity index (χ0) is 19.3. The van der Waals surface area contributed by atoms with E-state index in [2.05, 4.69) is 28.4 Å². The van der Waals surface area contributed by atoms with Crippen molar-refractivity contribution < 1.29 is 13.5 Å². The van der Waals surface area contributed by atoms with Gasteiger partial charge in [0.2, 0.25) is 10.0 Å². The molecule has 26 heavy (non-hydrogen) atoms. The number of hydrogen-bond acceptors (Lipinski definition) is 7. The lowest BCUT2D eigenvalue weighted by atomic mass is 10.1. The first-order valence-corrected chi connectivity index (χ1v) is 9.66. The summed E-state index contributed by atoms with van der Waals surface area (Å²) in [6, 6.07) is 4.24. The number of hydrazine groups is 1. The van der Waals surface area contributed by atoms with E-state index in [0.717, 1.165) is 0 Å². The second-order valence-corrected chi connectivity index (χ2v) is 8.01. The fourth-order valence-corrected chi connectivity index (χ4v) is 3.75. The molecule has 1 aliphatic carbocycles. The Hall–Kier alpha value is -2.52. The highest BCUT2D eigenvalue weighted by Crippen LogP contribution is 2.32. The van der Waals surface area contributed by atoms with Gasteiger partial charge in [0.1, 0.15) is 5.75 Å². The van der Waals surface area contributed by atoms with E-state index >= 15 is 0 Å². The summed E-state index contributed by atoms with van der Waals surface area (Å²) in [5, 5.41) is 17.4. The van der Waals surface area contributed by atoms with Gasteiger partial charge < -0.3 is 10.1 Å². The molecule has 0 spiro atoms. The molecule has 1 aromatic carbocycles. The highest BCUT2D eigenvalue weighted by molar-refractivity contribution is 7.93. The highest BCUT2D eigenvalue weighted by Gasteiger charge is 2.35. The maximum atomic E-state index is 12.2. The van der Waals surface area contributed by atoms with Gasteiger partial charge in [-0.2, -0.15) is 5.10 Å². The Bertz CT molecular complexity index is 790. The van der Waals surface area contributed by atoms with Gasteiger partial charge >= 0.3 is 0 Å². The number of hydrogen-bond donors (Lipinski definition) is 3. The molecule has 0 radical (unpaired) electrons. The molecular formula is C17H25N5O3S. The van der Waals surface area contributed by atoms with Crippen molar-refractivity contribution in [1.29, 1.82) is 0 Å². The smallest absolute Gasteiger partial charge is 0.235 e. The lowest BCUT2D eigenvalue weighted by Crippen LogP contribution is -2.36. The minimum absolute atomic E-state index is 0.0410. The first-order valence-electron chi connectivity index (χ1n) is 8.12. The van der Waals surface area contributed by atoms with Crippen molar-refractivity contribution in [2.75, 3.05) is 18.8 Å². The first-order chi connectivity index (χ1) is 12.3. The number of sulfonamides is 1. The number of hydrazone groups is 1. The van der Waals surface area contributed by atoms with Crippen LogP contribution in [0.1, 0.15) is 24.4 Å². The molecule has 0 heterocycles. The first kappa shape index (κ1) is 19.8. The van der Waals surface area contributed by atoms with E-state index in [1.807, 2.05) is 19.1 Å². The maximum absolute atomic E-state index is 12.2. The fourth-order valence-electron chi connectivity index (χ4n) is 2.38. The van der Waals surface area contributed by atoms with Crippen molar-refractivity contribution in [3.63, 3.8) is 0 Å².